The molecule has 1 aromatic carbocycles. The molecule has 0 saturated heterocycles. The van der Waals surface area contributed by atoms with Crippen molar-refractivity contribution in [1.82, 2.24) is 5.32 Å². The first-order chi connectivity index (χ1) is 9.76. The predicted octanol–water partition coefficient (Wildman–Crippen LogP) is 2.82. The van der Waals surface area contributed by atoms with Crippen molar-refractivity contribution >= 4 is 18.4 Å². The molecule has 6 heteroatoms. The number of esters is 1. The fourth-order valence-electron chi connectivity index (χ4n) is 1.94. The number of benzene rings is 1. The molecule has 1 rings (SSSR count). The molecule has 0 aliphatic rings. The van der Waals surface area contributed by atoms with Crippen molar-refractivity contribution in [2.24, 2.45) is 0 Å². The van der Waals surface area contributed by atoms with E-state index >= 15 is 0 Å². The predicted molar refractivity (Wildman–Crippen MR) is 88.3 cm³/mol. The van der Waals surface area contributed by atoms with Crippen molar-refractivity contribution < 1.29 is 19.4 Å². The van der Waals surface area contributed by atoms with Gasteiger partial charge in [-0.1, -0.05) is 19.1 Å². The molecule has 0 heterocycles. The summed E-state index contributed by atoms with van der Waals surface area (Å²) in [6.07, 6.45) is 0.384. The molecule has 0 radical (unpaired) electrons. The third kappa shape index (κ3) is 6.64. The van der Waals surface area contributed by atoms with Gasteiger partial charge in [-0.05, 0) is 44.9 Å². The van der Waals surface area contributed by atoms with Gasteiger partial charge in [-0.15, -0.1) is 12.4 Å². The largest absolute Gasteiger partial charge is 0.475 e. The van der Waals surface area contributed by atoms with E-state index in [1.165, 1.54) is 7.11 Å². The van der Waals surface area contributed by atoms with Crippen LogP contribution in [0.4, 0.5) is 0 Å². The number of methoxy groups -OCH3 is 1. The van der Waals surface area contributed by atoms with E-state index in [2.05, 4.69) is 5.32 Å². The number of aliphatic hydroxyl groups is 1. The summed E-state index contributed by atoms with van der Waals surface area (Å²) in [6, 6.07) is 7.33. The molecule has 22 heavy (non-hydrogen) atoms. The van der Waals surface area contributed by atoms with Crippen LogP contribution >= 0.6 is 12.4 Å². The van der Waals surface area contributed by atoms with Gasteiger partial charge in [0.1, 0.15) is 11.5 Å². The van der Waals surface area contributed by atoms with Gasteiger partial charge in [0.2, 0.25) is 0 Å². The third-order valence-electron chi connectivity index (χ3n) is 3.08. The Labute approximate surface area is 138 Å². The zero-order chi connectivity index (χ0) is 16.0. The van der Waals surface area contributed by atoms with Gasteiger partial charge in [-0.25, -0.2) is 0 Å². The van der Waals surface area contributed by atoms with Crippen molar-refractivity contribution in [3.63, 3.8) is 0 Å². The topological polar surface area (TPSA) is 67.8 Å². The molecule has 0 aliphatic carbocycles. The Hall–Kier alpha value is -1.30. The van der Waals surface area contributed by atoms with Crippen LogP contribution in [0.1, 0.15) is 45.6 Å². The van der Waals surface area contributed by atoms with Gasteiger partial charge >= 0.3 is 5.97 Å². The molecule has 0 saturated carbocycles. The van der Waals surface area contributed by atoms with E-state index in [9.17, 15) is 9.90 Å². The zero-order valence-electron chi connectivity index (χ0n) is 13.8. The monoisotopic (exact) mass is 331 g/mol. The normalized spacial score (nSPS) is 13.7. The number of hydrogen-bond donors (Lipinski definition) is 2. The SMILES string of the molecule is CC[C@H](NC(C)(C)O)Oc1cccc([C@@H](C)C(=O)OC)c1.Cl. The summed E-state index contributed by atoms with van der Waals surface area (Å²) in [6.45, 7) is 7.07. The van der Waals surface area contributed by atoms with E-state index in [0.29, 0.717) is 12.2 Å². The van der Waals surface area contributed by atoms with Crippen LogP contribution in [0.5, 0.6) is 5.75 Å². The van der Waals surface area contributed by atoms with Gasteiger partial charge in [0.25, 0.3) is 0 Å². The molecule has 2 atom stereocenters. The summed E-state index contributed by atoms with van der Waals surface area (Å²) in [4.78, 5) is 11.6. The molecule has 126 valence electrons. The number of ether oxygens (including phenoxy) is 2. The summed E-state index contributed by atoms with van der Waals surface area (Å²) in [7, 11) is 1.37. The first kappa shape index (κ1) is 20.7. The van der Waals surface area contributed by atoms with E-state index < -0.39 is 5.72 Å². The summed E-state index contributed by atoms with van der Waals surface area (Å²) in [5.74, 6) is 0.0153. The lowest BCUT2D eigenvalue weighted by Gasteiger charge is -2.27. The summed E-state index contributed by atoms with van der Waals surface area (Å²) in [5.41, 5.74) is -0.185. The van der Waals surface area contributed by atoms with Crippen molar-refractivity contribution in [2.75, 3.05) is 7.11 Å². The van der Waals surface area contributed by atoms with Crippen molar-refractivity contribution in [3.05, 3.63) is 29.8 Å². The summed E-state index contributed by atoms with van der Waals surface area (Å²) >= 11 is 0. The van der Waals surface area contributed by atoms with Crippen LogP contribution < -0.4 is 10.1 Å². The maximum absolute atomic E-state index is 11.6. The lowest BCUT2D eigenvalue weighted by atomic mass is 10.0. The van der Waals surface area contributed by atoms with E-state index in [0.717, 1.165) is 5.56 Å². The van der Waals surface area contributed by atoms with Crippen molar-refractivity contribution in [3.8, 4) is 5.75 Å². The number of halogens is 1. The second-order valence-corrected chi connectivity index (χ2v) is 5.54. The molecule has 0 amide bonds. The average molecular weight is 332 g/mol. The molecule has 1 aromatic rings. The highest BCUT2D eigenvalue weighted by Crippen LogP contribution is 2.22. The third-order valence-corrected chi connectivity index (χ3v) is 3.08. The van der Waals surface area contributed by atoms with Gasteiger partial charge in [-0.2, -0.15) is 0 Å². The Morgan fingerprint density at radius 1 is 1.41 bits per heavy atom. The maximum atomic E-state index is 11.6. The minimum Gasteiger partial charge on any atom is -0.475 e. The first-order valence-electron chi connectivity index (χ1n) is 7.11. The second-order valence-electron chi connectivity index (χ2n) is 5.54. The lowest BCUT2D eigenvalue weighted by Crippen LogP contribution is -2.48. The number of rotatable bonds is 7. The highest BCUT2D eigenvalue weighted by atomic mass is 35.5. The molecule has 0 aliphatic heterocycles. The standard InChI is InChI=1S/C16H25NO4.ClH/c1-6-14(17-16(3,4)19)21-13-9-7-8-12(10-13)11(2)15(18)20-5;/h7-11,14,17,19H,6H2,1-5H3;1H/t11-,14-;/m1./s1. The fourth-order valence-corrected chi connectivity index (χ4v) is 1.94. The quantitative estimate of drug-likeness (QED) is 0.594. The Balaban J connectivity index is 0.00000441. The van der Waals surface area contributed by atoms with Gasteiger partial charge in [0, 0.05) is 0 Å². The molecule has 0 aromatic heterocycles. The zero-order valence-corrected chi connectivity index (χ0v) is 14.6. The van der Waals surface area contributed by atoms with E-state index in [-0.39, 0.29) is 30.5 Å². The smallest absolute Gasteiger partial charge is 0.312 e. The molecule has 5 nitrogen and oxygen atoms in total. The maximum Gasteiger partial charge on any atom is 0.312 e. The number of carbonyl (C=O) groups is 1. The first-order valence-corrected chi connectivity index (χ1v) is 7.11. The van der Waals surface area contributed by atoms with Crippen molar-refractivity contribution in [2.45, 2.75) is 52.0 Å². The van der Waals surface area contributed by atoms with Gasteiger partial charge < -0.3 is 14.6 Å². The fraction of sp³-hybridized carbons (Fsp3) is 0.562. The van der Waals surface area contributed by atoms with Crippen LogP contribution in [0.3, 0.4) is 0 Å². The lowest BCUT2D eigenvalue weighted by molar-refractivity contribution is -0.141. The van der Waals surface area contributed by atoms with E-state index in [1.807, 2.05) is 31.2 Å². The minimum atomic E-state index is -1.02. The molecule has 0 spiro atoms. The Kier molecular flexibility index (Phi) is 8.45. The molecular formula is C16H26ClNO4. The molecule has 0 unspecified atom stereocenters. The van der Waals surface area contributed by atoms with Gasteiger partial charge in [0.15, 0.2) is 6.23 Å². The Bertz CT molecular complexity index is 473. The van der Waals surface area contributed by atoms with Gasteiger partial charge in [0.05, 0.1) is 13.0 Å². The van der Waals surface area contributed by atoms with Crippen LogP contribution in [0, 0.1) is 0 Å². The molecule has 2 N–H and O–H groups in total. The molecule has 0 bridgehead atoms. The van der Waals surface area contributed by atoms with Crippen molar-refractivity contribution in [1.29, 1.82) is 0 Å². The van der Waals surface area contributed by atoms with Crippen LogP contribution in [0.25, 0.3) is 0 Å². The summed E-state index contributed by atoms with van der Waals surface area (Å²) in [5, 5.41) is 12.8. The average Bonchev–Trinajstić information content (AvgIpc) is 2.43. The number of nitrogens with one attached hydrogen (secondary N) is 1. The molecule has 0 fully saturated rings. The van der Waals surface area contributed by atoms with Crippen LogP contribution in [-0.4, -0.2) is 30.1 Å². The second kappa shape index (κ2) is 8.98. The van der Waals surface area contributed by atoms with Crippen LogP contribution in [0.15, 0.2) is 24.3 Å². The highest BCUT2D eigenvalue weighted by Gasteiger charge is 2.20. The molecular weight excluding hydrogens is 306 g/mol. The number of carbonyl (C=O) groups excluding carboxylic acids is 1. The Morgan fingerprint density at radius 3 is 2.55 bits per heavy atom. The summed E-state index contributed by atoms with van der Waals surface area (Å²) < 4.78 is 10.6. The van der Waals surface area contributed by atoms with E-state index in [4.69, 9.17) is 9.47 Å². The number of hydrogen-bond acceptors (Lipinski definition) is 5. The van der Waals surface area contributed by atoms with Crippen LogP contribution in [0.2, 0.25) is 0 Å². The highest BCUT2D eigenvalue weighted by molar-refractivity contribution is 5.85. The minimum absolute atomic E-state index is 0. The van der Waals surface area contributed by atoms with E-state index in [1.54, 1.807) is 20.8 Å². The Morgan fingerprint density at radius 2 is 2.05 bits per heavy atom. The van der Waals surface area contributed by atoms with Crippen LogP contribution in [-0.2, 0) is 9.53 Å². The van der Waals surface area contributed by atoms with Gasteiger partial charge in [-0.3, -0.25) is 10.1 Å².